The molecule has 0 saturated carbocycles. The molecule has 568 valence electrons. The number of hydrogen-bond donors (Lipinski definition) is 0. The van der Waals surface area contributed by atoms with Gasteiger partial charge in [0.1, 0.15) is 0 Å². The van der Waals surface area contributed by atoms with Crippen LogP contribution in [0.3, 0.4) is 0 Å². The molecule has 0 spiro atoms. The molecule has 0 atom stereocenters. The van der Waals surface area contributed by atoms with E-state index in [0.29, 0.717) is 0 Å². The molecule has 0 amide bonds. The summed E-state index contributed by atoms with van der Waals surface area (Å²) in [6.07, 6.45) is 96.5. The van der Waals surface area contributed by atoms with Gasteiger partial charge in [0.15, 0.2) is 0 Å². The van der Waals surface area contributed by atoms with Crippen molar-refractivity contribution in [3.05, 3.63) is 0 Å². The van der Waals surface area contributed by atoms with Crippen LogP contribution >= 0.6 is 0 Å². The average Bonchev–Trinajstić information content (AvgIpc) is 0.952. The van der Waals surface area contributed by atoms with Crippen LogP contribution in [0.1, 0.15) is 492 Å². The van der Waals surface area contributed by atoms with Crippen molar-refractivity contribution in [3.63, 3.8) is 0 Å². The van der Waals surface area contributed by atoms with E-state index >= 15 is 0 Å². The molecule has 0 aliphatic rings. The van der Waals surface area contributed by atoms with E-state index in [1.165, 1.54) is 476 Å². The first-order valence-corrected chi connectivity index (χ1v) is 46.6. The van der Waals surface area contributed by atoms with E-state index < -0.39 is 18.8 Å². The molecule has 0 aromatic rings. The Morgan fingerprint density at radius 2 is 0.351 bits per heavy atom. The van der Waals surface area contributed by atoms with Gasteiger partial charge < -0.3 is 37.2 Å². The van der Waals surface area contributed by atoms with Gasteiger partial charge in [0.25, 0.3) is 0 Å². The predicted octanol–water partition coefficient (Wildman–Crippen LogP) is 20.9. The van der Waals surface area contributed by atoms with Crippen molar-refractivity contribution in [1.29, 1.82) is 0 Å². The zero-order valence-corrected chi connectivity index (χ0v) is 71.4. The summed E-state index contributed by atoms with van der Waals surface area (Å²) in [5.74, 6) is 0. The maximum atomic E-state index is 7.11. The molecular formula is C84H176Cl3N3O2Ti2. The SMILES string of the molecule is CCCCCCCCCCCCCCCCCC[N](CCCCCCCCCCCCCCCCCC)[Ti+2][O]CCCCCCCCCC.CCCCCCCC[N](CCCCCCCC)[Ti+]([O]CCCCCC)[N](CCCCCCCC)CCCCCCCC.[Cl-].[Cl-].[Cl-]. The van der Waals surface area contributed by atoms with Gasteiger partial charge in [-0.05, 0) is 0 Å². The Balaban J connectivity index is -0.000000550. The summed E-state index contributed by atoms with van der Waals surface area (Å²) in [5, 5.41) is 0. The molecule has 0 fully saturated rings. The van der Waals surface area contributed by atoms with Gasteiger partial charge in [-0.15, -0.1) is 0 Å². The molecule has 10 heteroatoms. The van der Waals surface area contributed by atoms with E-state index in [9.17, 15) is 0 Å². The molecule has 0 unspecified atom stereocenters. The van der Waals surface area contributed by atoms with Crippen molar-refractivity contribution >= 4 is 0 Å². The molecule has 0 radical (unpaired) electrons. The van der Waals surface area contributed by atoms with E-state index in [1.54, 1.807) is 0 Å². The molecule has 0 saturated heterocycles. The quantitative estimate of drug-likeness (QED) is 0.0447. The van der Waals surface area contributed by atoms with Gasteiger partial charge in [-0.1, -0.05) is 90.9 Å². The monoisotopic (exact) mass is 1460 g/mol. The van der Waals surface area contributed by atoms with Gasteiger partial charge in [0.2, 0.25) is 0 Å². The summed E-state index contributed by atoms with van der Waals surface area (Å²) in [5.41, 5.74) is 0. The van der Waals surface area contributed by atoms with Crippen molar-refractivity contribution in [1.82, 2.24) is 10.1 Å². The van der Waals surface area contributed by atoms with E-state index in [0.717, 1.165) is 13.2 Å². The minimum atomic E-state index is -1.97. The molecule has 5 nitrogen and oxygen atoms in total. The third-order valence-electron chi connectivity index (χ3n) is 19.8. The maximum Gasteiger partial charge on any atom is -1.00 e. The summed E-state index contributed by atoms with van der Waals surface area (Å²) in [7, 11) is 0. The van der Waals surface area contributed by atoms with Crippen LogP contribution in [0.2, 0.25) is 0 Å². The van der Waals surface area contributed by atoms with Crippen LogP contribution in [0.5, 0.6) is 0 Å². The van der Waals surface area contributed by atoms with Crippen molar-refractivity contribution in [3.8, 4) is 0 Å². The molecule has 0 aliphatic heterocycles. The predicted molar refractivity (Wildman–Crippen MR) is 406 cm³/mol. The molecule has 0 heterocycles. The number of unbranched alkanes of at least 4 members (excludes halogenated alkanes) is 60. The summed E-state index contributed by atoms with van der Waals surface area (Å²) < 4.78 is 22.2. The number of rotatable bonds is 81. The summed E-state index contributed by atoms with van der Waals surface area (Å²) in [4.78, 5) is 0. The Bertz CT molecular complexity index is 1150. The van der Waals surface area contributed by atoms with Crippen LogP contribution in [0.25, 0.3) is 0 Å². The molecule has 0 rings (SSSR count). The third kappa shape index (κ3) is 86.5. The first kappa shape index (κ1) is 105. The Morgan fingerprint density at radius 1 is 0.191 bits per heavy atom. The molecule has 0 aromatic carbocycles. The van der Waals surface area contributed by atoms with Crippen LogP contribution < -0.4 is 37.2 Å². The average molecular weight is 1460 g/mol. The standard InChI is InChI=1S/C36H74N.2C16H34N.C10H21O.C6H13O.3ClH.2Ti/c1-3-5-7-9-11-13-15-17-19-21-23-25-27-29-31-33-35-37-36-34-32-30-28-26-24-22-20-18-16-14-12-10-8-6-4-2;2*1-3-5-7-9-11-13-15-17-16-14-12-10-8-6-4-2;1-2-3-4-5-6-7-8-9-10-11;1-2-3-4-5-6-7;;;;;/h3-36H2,1-2H3;2*3-16H2,1-2H3;2-10H2,1H3;2-6H2,1H3;3*1H;;/q5*-1;;;;2*+4/p-3. The van der Waals surface area contributed by atoms with Crippen molar-refractivity contribution in [2.24, 2.45) is 0 Å². The van der Waals surface area contributed by atoms with Crippen LogP contribution in [0, 0.1) is 0 Å². The Labute approximate surface area is 632 Å². The fourth-order valence-corrected chi connectivity index (χ4v) is 18.7. The fourth-order valence-electron chi connectivity index (χ4n) is 13.4. The van der Waals surface area contributed by atoms with E-state index in [1.807, 2.05) is 0 Å². The maximum absolute atomic E-state index is 7.11. The van der Waals surface area contributed by atoms with Gasteiger partial charge in [0.05, 0.1) is 0 Å². The van der Waals surface area contributed by atoms with Gasteiger partial charge >= 0.3 is 509 Å². The molecule has 94 heavy (non-hydrogen) atoms. The zero-order valence-electron chi connectivity index (χ0n) is 66.0. The topological polar surface area (TPSA) is 28.2 Å². The first-order valence-electron chi connectivity index (χ1n) is 43.2. The smallest absolute Gasteiger partial charge is 1.00 e. The van der Waals surface area contributed by atoms with Gasteiger partial charge in [-0.3, -0.25) is 0 Å². The normalized spacial score (nSPS) is 11.3. The van der Waals surface area contributed by atoms with Gasteiger partial charge in [-0.25, -0.2) is 0 Å². The second-order valence-electron chi connectivity index (χ2n) is 29.2. The number of hydrogen-bond acceptors (Lipinski definition) is 5. The third-order valence-corrected chi connectivity index (χ3v) is 25.2. The first-order chi connectivity index (χ1) is 45.1. The van der Waals surface area contributed by atoms with Crippen LogP contribution in [-0.4, -0.2) is 62.6 Å². The van der Waals surface area contributed by atoms with Crippen molar-refractivity contribution in [2.75, 3.05) is 52.5 Å². The minimum absolute atomic E-state index is 0. The van der Waals surface area contributed by atoms with Crippen molar-refractivity contribution in [2.45, 2.75) is 492 Å². The van der Waals surface area contributed by atoms with Crippen LogP contribution in [0.4, 0.5) is 0 Å². The van der Waals surface area contributed by atoms with Gasteiger partial charge in [0, 0.05) is 0 Å². The second-order valence-corrected chi connectivity index (χ2v) is 34.3. The molecule has 0 bridgehead atoms. The largest absolute Gasteiger partial charge is 1.00 e. The summed E-state index contributed by atoms with van der Waals surface area (Å²) in [6, 6.07) is 0. The molecule has 0 aromatic heterocycles. The number of nitrogens with zero attached hydrogens (tertiary/aromatic N) is 3. The molecular weight excluding hydrogens is 1290 g/mol. The molecule has 0 N–H and O–H groups in total. The summed E-state index contributed by atoms with van der Waals surface area (Å²) >= 11 is -2.35. The van der Waals surface area contributed by atoms with E-state index in [-0.39, 0.29) is 57.0 Å². The van der Waals surface area contributed by atoms with E-state index in [2.05, 4.69) is 65.5 Å². The second kappa shape index (κ2) is 97.2. The Morgan fingerprint density at radius 3 is 0.564 bits per heavy atom. The fraction of sp³-hybridized carbons (Fsp3) is 1.00. The van der Waals surface area contributed by atoms with Crippen molar-refractivity contribution < 1.29 is 82.4 Å². The Hall–Kier alpha value is 2.10. The Kier molecular flexibility index (Phi) is 108. The van der Waals surface area contributed by atoms with Crippen LogP contribution in [-0.2, 0) is 45.2 Å². The van der Waals surface area contributed by atoms with E-state index in [4.69, 9.17) is 6.64 Å². The van der Waals surface area contributed by atoms with Gasteiger partial charge in [-0.2, -0.15) is 0 Å². The summed E-state index contributed by atoms with van der Waals surface area (Å²) in [6.45, 7) is 28.4. The van der Waals surface area contributed by atoms with Crippen LogP contribution in [0.15, 0.2) is 0 Å². The number of halogens is 3. The molecule has 0 aliphatic carbocycles. The zero-order chi connectivity index (χ0) is 66.2. The minimum Gasteiger partial charge on any atom is -1.00 e.